The third-order valence-corrected chi connectivity index (χ3v) is 3.64. The van der Waals surface area contributed by atoms with Crippen LogP contribution in [-0.2, 0) is 9.59 Å². The highest BCUT2D eigenvalue weighted by molar-refractivity contribution is 7.14. The standard InChI is InChI=1S/C13H10N2O2S/c16-10-6-12(17)15(7-10)13-14-11(8-18-13)9-4-2-1-3-5-9/h1-5,8H,6-7H2. The van der Waals surface area contributed by atoms with Crippen LogP contribution in [0, 0.1) is 0 Å². The summed E-state index contributed by atoms with van der Waals surface area (Å²) in [6.45, 7) is 0.153. The van der Waals surface area contributed by atoms with E-state index in [0.29, 0.717) is 5.13 Å². The van der Waals surface area contributed by atoms with Crippen molar-refractivity contribution >= 4 is 28.2 Å². The molecule has 1 saturated heterocycles. The lowest BCUT2D eigenvalue weighted by atomic mass is 10.2. The Morgan fingerprint density at radius 3 is 2.61 bits per heavy atom. The Morgan fingerprint density at radius 2 is 1.94 bits per heavy atom. The molecule has 1 aliphatic rings. The van der Waals surface area contributed by atoms with Crippen LogP contribution in [0.3, 0.4) is 0 Å². The van der Waals surface area contributed by atoms with E-state index in [2.05, 4.69) is 4.98 Å². The van der Waals surface area contributed by atoms with Crippen LogP contribution in [0.5, 0.6) is 0 Å². The molecule has 0 N–H and O–H groups in total. The van der Waals surface area contributed by atoms with E-state index in [1.165, 1.54) is 16.2 Å². The Hall–Kier alpha value is -2.01. The fraction of sp³-hybridized carbons (Fsp3) is 0.154. The molecule has 0 bridgehead atoms. The summed E-state index contributed by atoms with van der Waals surface area (Å²) in [5.74, 6) is -0.203. The Bertz CT molecular complexity index is 606. The van der Waals surface area contributed by atoms with Crippen molar-refractivity contribution < 1.29 is 9.59 Å². The van der Waals surface area contributed by atoms with Gasteiger partial charge in [0.15, 0.2) is 10.9 Å². The molecular formula is C13H10N2O2S. The topological polar surface area (TPSA) is 50.3 Å². The molecule has 1 fully saturated rings. The third-order valence-electron chi connectivity index (χ3n) is 2.78. The molecule has 1 aliphatic heterocycles. The average molecular weight is 258 g/mol. The lowest BCUT2D eigenvalue weighted by Crippen LogP contribution is -2.24. The summed E-state index contributed by atoms with van der Waals surface area (Å²) in [7, 11) is 0. The Labute approximate surface area is 108 Å². The van der Waals surface area contributed by atoms with Crippen molar-refractivity contribution in [3.8, 4) is 11.3 Å². The molecule has 3 rings (SSSR count). The second kappa shape index (κ2) is 4.34. The fourth-order valence-electron chi connectivity index (χ4n) is 1.89. The fourth-order valence-corrected chi connectivity index (χ4v) is 2.74. The number of aromatic nitrogens is 1. The highest BCUT2D eigenvalue weighted by Gasteiger charge is 2.30. The molecule has 18 heavy (non-hydrogen) atoms. The quantitative estimate of drug-likeness (QED) is 0.775. The normalized spacial score (nSPS) is 15.4. The van der Waals surface area contributed by atoms with Gasteiger partial charge in [0, 0.05) is 10.9 Å². The van der Waals surface area contributed by atoms with Gasteiger partial charge in [0.1, 0.15) is 0 Å². The maximum Gasteiger partial charge on any atom is 0.236 e. The number of hydrogen-bond acceptors (Lipinski definition) is 4. The van der Waals surface area contributed by atoms with E-state index in [1.54, 1.807) is 0 Å². The molecule has 0 atom stereocenters. The molecular weight excluding hydrogens is 248 g/mol. The van der Waals surface area contributed by atoms with Gasteiger partial charge in [0.25, 0.3) is 0 Å². The van der Waals surface area contributed by atoms with Gasteiger partial charge < -0.3 is 0 Å². The van der Waals surface area contributed by atoms with Crippen LogP contribution in [0.2, 0.25) is 0 Å². The van der Waals surface area contributed by atoms with Crippen molar-refractivity contribution in [2.45, 2.75) is 6.42 Å². The first-order valence-corrected chi connectivity index (χ1v) is 6.45. The van der Waals surface area contributed by atoms with Crippen molar-refractivity contribution in [1.29, 1.82) is 0 Å². The number of thiazole rings is 1. The zero-order valence-corrected chi connectivity index (χ0v) is 10.3. The molecule has 2 heterocycles. The van der Waals surface area contributed by atoms with Gasteiger partial charge in [-0.15, -0.1) is 11.3 Å². The highest BCUT2D eigenvalue weighted by Crippen LogP contribution is 2.29. The van der Waals surface area contributed by atoms with Gasteiger partial charge in [-0.2, -0.15) is 0 Å². The van der Waals surface area contributed by atoms with Crippen LogP contribution in [-0.4, -0.2) is 23.2 Å². The van der Waals surface area contributed by atoms with Crippen molar-refractivity contribution in [2.75, 3.05) is 11.4 Å². The van der Waals surface area contributed by atoms with Crippen molar-refractivity contribution in [3.05, 3.63) is 35.7 Å². The van der Waals surface area contributed by atoms with E-state index in [-0.39, 0.29) is 24.7 Å². The number of amides is 1. The van der Waals surface area contributed by atoms with Crippen LogP contribution in [0.25, 0.3) is 11.3 Å². The van der Waals surface area contributed by atoms with E-state index < -0.39 is 0 Å². The molecule has 0 aliphatic carbocycles. The first-order chi connectivity index (χ1) is 8.74. The molecule has 0 spiro atoms. The van der Waals surface area contributed by atoms with Gasteiger partial charge in [0.05, 0.1) is 18.7 Å². The van der Waals surface area contributed by atoms with Gasteiger partial charge in [-0.25, -0.2) is 4.98 Å². The monoisotopic (exact) mass is 258 g/mol. The summed E-state index contributed by atoms with van der Waals surface area (Å²) in [4.78, 5) is 28.7. The van der Waals surface area contributed by atoms with Gasteiger partial charge in [0.2, 0.25) is 5.91 Å². The second-order valence-corrected chi connectivity index (χ2v) is 4.91. The van der Waals surface area contributed by atoms with Crippen molar-refractivity contribution in [3.63, 3.8) is 0 Å². The molecule has 2 aromatic rings. The summed E-state index contributed by atoms with van der Waals surface area (Å²) in [5, 5.41) is 2.51. The number of ketones is 1. The summed E-state index contributed by atoms with van der Waals surface area (Å²) in [5.41, 5.74) is 1.85. The molecule has 1 aromatic heterocycles. The molecule has 1 aromatic carbocycles. The number of carbonyl (C=O) groups is 2. The number of nitrogens with zero attached hydrogens (tertiary/aromatic N) is 2. The van der Waals surface area contributed by atoms with E-state index in [4.69, 9.17) is 0 Å². The number of Topliss-reactive ketones (excluding diaryl/α,β-unsaturated/α-hetero) is 1. The van der Waals surface area contributed by atoms with Gasteiger partial charge in [-0.05, 0) is 0 Å². The van der Waals surface area contributed by atoms with E-state index in [9.17, 15) is 9.59 Å². The smallest absolute Gasteiger partial charge is 0.236 e. The number of hydrogen-bond donors (Lipinski definition) is 0. The van der Waals surface area contributed by atoms with Gasteiger partial charge in [-0.1, -0.05) is 30.3 Å². The summed E-state index contributed by atoms with van der Waals surface area (Å²) >= 11 is 1.39. The summed E-state index contributed by atoms with van der Waals surface area (Å²) in [6, 6.07) is 9.77. The SMILES string of the molecule is O=C1CC(=O)N(c2nc(-c3ccccc3)cs2)C1. The predicted octanol–water partition coefficient (Wildman–Crippen LogP) is 2.12. The van der Waals surface area contributed by atoms with Crippen LogP contribution in [0.1, 0.15) is 6.42 Å². The van der Waals surface area contributed by atoms with Crippen molar-refractivity contribution in [1.82, 2.24) is 4.98 Å². The number of anilines is 1. The molecule has 5 heteroatoms. The first kappa shape index (κ1) is 11.1. The largest absolute Gasteiger partial charge is 0.297 e. The zero-order valence-electron chi connectivity index (χ0n) is 9.50. The molecule has 4 nitrogen and oxygen atoms in total. The maximum absolute atomic E-state index is 11.6. The van der Waals surface area contributed by atoms with Gasteiger partial charge in [-0.3, -0.25) is 14.5 Å². The lowest BCUT2D eigenvalue weighted by molar-refractivity contribution is -0.121. The van der Waals surface area contributed by atoms with E-state index >= 15 is 0 Å². The first-order valence-electron chi connectivity index (χ1n) is 5.57. The van der Waals surface area contributed by atoms with E-state index in [0.717, 1.165) is 11.3 Å². The predicted molar refractivity (Wildman–Crippen MR) is 69.5 cm³/mol. The molecule has 0 radical (unpaired) electrons. The number of carbonyl (C=O) groups excluding carboxylic acids is 2. The van der Waals surface area contributed by atoms with Crippen LogP contribution < -0.4 is 4.90 Å². The molecule has 0 saturated carbocycles. The summed E-state index contributed by atoms with van der Waals surface area (Å²) in [6.07, 6.45) is 0.000248. The van der Waals surface area contributed by atoms with Crippen molar-refractivity contribution in [2.24, 2.45) is 0 Å². The third kappa shape index (κ3) is 1.93. The highest BCUT2D eigenvalue weighted by atomic mass is 32.1. The molecule has 90 valence electrons. The minimum atomic E-state index is -0.158. The molecule has 1 amide bonds. The van der Waals surface area contributed by atoms with Crippen LogP contribution in [0.4, 0.5) is 5.13 Å². The second-order valence-electron chi connectivity index (χ2n) is 4.08. The Balaban J connectivity index is 1.91. The number of rotatable bonds is 2. The van der Waals surface area contributed by atoms with Gasteiger partial charge >= 0.3 is 0 Å². The maximum atomic E-state index is 11.6. The minimum absolute atomic E-state index is 0.000248. The average Bonchev–Trinajstić information content (AvgIpc) is 2.97. The summed E-state index contributed by atoms with van der Waals surface area (Å²) < 4.78 is 0. The van der Waals surface area contributed by atoms with Crippen LogP contribution in [0.15, 0.2) is 35.7 Å². The van der Waals surface area contributed by atoms with Crippen LogP contribution >= 0.6 is 11.3 Å². The molecule has 0 unspecified atom stereocenters. The number of benzene rings is 1. The lowest BCUT2D eigenvalue weighted by Gasteiger charge is -2.09. The zero-order chi connectivity index (χ0) is 12.5. The Kier molecular flexibility index (Phi) is 2.68. The van der Waals surface area contributed by atoms with E-state index in [1.807, 2.05) is 35.7 Å². The minimum Gasteiger partial charge on any atom is -0.297 e. The Morgan fingerprint density at radius 1 is 1.17 bits per heavy atom.